The lowest BCUT2D eigenvalue weighted by atomic mass is 10.1. The number of benzene rings is 2. The number of sulfonamides is 1. The van der Waals surface area contributed by atoms with Gasteiger partial charge >= 0.3 is 6.09 Å². The summed E-state index contributed by atoms with van der Waals surface area (Å²) in [5, 5.41) is 15.0. The van der Waals surface area contributed by atoms with Crippen molar-refractivity contribution < 1.29 is 27.9 Å². The van der Waals surface area contributed by atoms with E-state index in [0.717, 1.165) is 11.8 Å². The Bertz CT molecular complexity index is 1030. The van der Waals surface area contributed by atoms with Gasteiger partial charge in [0, 0.05) is 29.5 Å². The summed E-state index contributed by atoms with van der Waals surface area (Å²) in [4.78, 5) is 24.3. The molecule has 0 aliphatic heterocycles. The van der Waals surface area contributed by atoms with Crippen LogP contribution in [0.25, 0.3) is 0 Å². The third kappa shape index (κ3) is 8.00. The van der Waals surface area contributed by atoms with Gasteiger partial charge in [0.05, 0.1) is 6.26 Å². The lowest BCUT2D eigenvalue weighted by Crippen LogP contribution is -2.27. The summed E-state index contributed by atoms with van der Waals surface area (Å²) >= 11 is 0. The number of carbonyl (C=O) groups excluding carboxylic acids is 2. The van der Waals surface area contributed by atoms with Gasteiger partial charge in [0.1, 0.15) is 11.4 Å². The normalized spacial score (nSPS) is 11.5. The topological polar surface area (TPSA) is 134 Å². The fourth-order valence-electron chi connectivity index (χ4n) is 2.43. The number of aromatic hydroxyl groups is 1. The Morgan fingerprint density at radius 3 is 2.23 bits per heavy atom. The number of hydrogen-bond acceptors (Lipinski definition) is 6. The van der Waals surface area contributed by atoms with E-state index >= 15 is 0 Å². The average Bonchev–Trinajstić information content (AvgIpc) is 2.57. The van der Waals surface area contributed by atoms with E-state index in [4.69, 9.17) is 4.74 Å². The van der Waals surface area contributed by atoms with Crippen molar-refractivity contribution in [1.82, 2.24) is 5.32 Å². The van der Waals surface area contributed by atoms with Crippen molar-refractivity contribution in [2.75, 3.05) is 16.3 Å². The highest BCUT2D eigenvalue weighted by Gasteiger charge is 2.17. The van der Waals surface area contributed by atoms with E-state index in [0.29, 0.717) is 5.69 Å². The second kappa shape index (κ2) is 9.04. The molecule has 2 amide bonds. The Labute approximate surface area is 175 Å². The van der Waals surface area contributed by atoms with E-state index in [9.17, 15) is 23.1 Å². The number of ether oxygens (including phenoxy) is 1. The van der Waals surface area contributed by atoms with E-state index in [1.165, 1.54) is 18.2 Å². The van der Waals surface area contributed by atoms with Crippen molar-refractivity contribution in [2.45, 2.75) is 32.9 Å². The molecule has 0 atom stereocenters. The van der Waals surface area contributed by atoms with Crippen LogP contribution in [-0.2, 0) is 21.3 Å². The summed E-state index contributed by atoms with van der Waals surface area (Å²) in [6.45, 7) is 5.34. The van der Waals surface area contributed by atoms with Crippen molar-refractivity contribution in [2.24, 2.45) is 0 Å². The molecule has 9 nitrogen and oxygen atoms in total. The first-order chi connectivity index (χ1) is 13.8. The number of rotatable bonds is 6. The van der Waals surface area contributed by atoms with Crippen LogP contribution in [0.5, 0.6) is 5.75 Å². The van der Waals surface area contributed by atoms with Gasteiger partial charge in [-0.25, -0.2) is 13.2 Å². The fraction of sp³-hybridized carbons (Fsp3) is 0.300. The summed E-state index contributed by atoms with van der Waals surface area (Å²) < 4.78 is 30.0. The van der Waals surface area contributed by atoms with Crippen LogP contribution in [0.3, 0.4) is 0 Å². The van der Waals surface area contributed by atoms with Gasteiger partial charge < -0.3 is 15.2 Å². The SMILES string of the molecule is CC(C)(C)OC(=O)Nc1cc(O)cc(C(=O)NCc2ccc(NS(C)(=O)=O)cc2)c1. The van der Waals surface area contributed by atoms with E-state index < -0.39 is 27.6 Å². The average molecular weight is 436 g/mol. The molecule has 0 spiro atoms. The zero-order chi connectivity index (χ0) is 22.5. The minimum Gasteiger partial charge on any atom is -0.508 e. The molecule has 0 aliphatic carbocycles. The summed E-state index contributed by atoms with van der Waals surface area (Å²) in [6, 6.07) is 10.5. The fourth-order valence-corrected chi connectivity index (χ4v) is 2.99. The zero-order valence-electron chi connectivity index (χ0n) is 17.1. The predicted molar refractivity (Wildman–Crippen MR) is 114 cm³/mol. The molecule has 2 aromatic rings. The van der Waals surface area contributed by atoms with Crippen molar-refractivity contribution in [3.05, 3.63) is 53.6 Å². The first kappa shape index (κ1) is 23.0. The van der Waals surface area contributed by atoms with Crippen molar-refractivity contribution >= 4 is 33.4 Å². The lowest BCUT2D eigenvalue weighted by molar-refractivity contribution is 0.0635. The van der Waals surface area contributed by atoms with Crippen LogP contribution < -0.4 is 15.4 Å². The molecule has 0 fully saturated rings. The summed E-state index contributed by atoms with van der Waals surface area (Å²) in [5.74, 6) is -0.651. The smallest absolute Gasteiger partial charge is 0.412 e. The summed E-state index contributed by atoms with van der Waals surface area (Å²) in [6.07, 6.45) is 0.352. The Morgan fingerprint density at radius 1 is 1.03 bits per heavy atom. The molecule has 10 heteroatoms. The highest BCUT2D eigenvalue weighted by molar-refractivity contribution is 7.92. The van der Waals surface area contributed by atoms with Crippen LogP contribution in [0.4, 0.5) is 16.2 Å². The molecule has 2 aromatic carbocycles. The summed E-state index contributed by atoms with van der Waals surface area (Å²) in [7, 11) is -3.36. The van der Waals surface area contributed by atoms with Crippen LogP contribution in [0.2, 0.25) is 0 Å². The molecule has 0 bridgehead atoms. The third-order valence-electron chi connectivity index (χ3n) is 3.54. The molecule has 30 heavy (non-hydrogen) atoms. The Balaban J connectivity index is 2.01. The van der Waals surface area contributed by atoms with Crippen molar-refractivity contribution in [1.29, 1.82) is 0 Å². The van der Waals surface area contributed by atoms with Crippen LogP contribution in [0.1, 0.15) is 36.7 Å². The van der Waals surface area contributed by atoms with Gasteiger partial charge in [-0.15, -0.1) is 0 Å². The first-order valence-electron chi connectivity index (χ1n) is 9.00. The molecule has 2 rings (SSSR count). The number of hydrogen-bond donors (Lipinski definition) is 4. The highest BCUT2D eigenvalue weighted by atomic mass is 32.2. The molecular weight excluding hydrogens is 410 g/mol. The van der Waals surface area contributed by atoms with Crippen LogP contribution in [-0.4, -0.2) is 37.4 Å². The Morgan fingerprint density at radius 2 is 1.67 bits per heavy atom. The minimum absolute atomic E-state index is 0.149. The van der Waals surface area contributed by atoms with Gasteiger partial charge in [-0.3, -0.25) is 14.8 Å². The van der Waals surface area contributed by atoms with Gasteiger partial charge in [-0.05, 0) is 50.6 Å². The van der Waals surface area contributed by atoms with Crippen LogP contribution >= 0.6 is 0 Å². The number of nitrogens with one attached hydrogen (secondary N) is 3. The van der Waals surface area contributed by atoms with Gasteiger partial charge in [0.15, 0.2) is 0 Å². The van der Waals surface area contributed by atoms with Gasteiger partial charge in [-0.1, -0.05) is 12.1 Å². The number of phenolic OH excluding ortho intramolecular Hbond substituents is 1. The quantitative estimate of drug-likeness (QED) is 0.551. The molecule has 162 valence electrons. The van der Waals surface area contributed by atoms with Gasteiger partial charge in [0.2, 0.25) is 10.0 Å². The molecule has 0 saturated carbocycles. The molecule has 0 saturated heterocycles. The van der Waals surface area contributed by atoms with E-state index in [1.807, 2.05) is 0 Å². The molecule has 0 unspecified atom stereocenters. The maximum Gasteiger partial charge on any atom is 0.412 e. The number of amides is 2. The molecule has 4 N–H and O–H groups in total. The lowest BCUT2D eigenvalue weighted by Gasteiger charge is -2.19. The largest absolute Gasteiger partial charge is 0.508 e. The predicted octanol–water partition coefficient (Wildman–Crippen LogP) is 3.04. The van der Waals surface area contributed by atoms with Crippen LogP contribution in [0, 0.1) is 0 Å². The molecular formula is C20H25N3O6S. The summed E-state index contributed by atoms with van der Waals surface area (Å²) in [5.41, 5.74) is 0.836. The number of phenols is 1. The molecule has 0 heterocycles. The number of anilines is 2. The van der Waals surface area contributed by atoms with E-state index in [-0.39, 0.29) is 23.5 Å². The third-order valence-corrected chi connectivity index (χ3v) is 4.14. The van der Waals surface area contributed by atoms with Gasteiger partial charge in [-0.2, -0.15) is 0 Å². The highest BCUT2D eigenvalue weighted by Crippen LogP contribution is 2.21. The molecule has 0 aliphatic rings. The molecule has 0 radical (unpaired) electrons. The second-order valence-corrected chi connectivity index (χ2v) is 9.40. The van der Waals surface area contributed by atoms with Crippen molar-refractivity contribution in [3.63, 3.8) is 0 Å². The monoisotopic (exact) mass is 435 g/mol. The maximum atomic E-state index is 12.4. The molecule has 0 aromatic heterocycles. The standard InChI is InChI=1S/C20H25N3O6S/c1-20(2,3)29-19(26)22-16-9-14(10-17(24)11-16)18(25)21-12-13-5-7-15(8-6-13)23-30(4,27)28/h5-11,23-24H,12H2,1-4H3,(H,21,25)(H,22,26). The zero-order valence-corrected chi connectivity index (χ0v) is 18.0. The van der Waals surface area contributed by atoms with Crippen molar-refractivity contribution in [3.8, 4) is 5.75 Å². The Kier molecular flexibility index (Phi) is 6.93. The van der Waals surface area contributed by atoms with E-state index in [2.05, 4.69) is 15.4 Å². The van der Waals surface area contributed by atoms with Crippen LogP contribution in [0.15, 0.2) is 42.5 Å². The Hall–Kier alpha value is -3.27. The van der Waals surface area contributed by atoms with Gasteiger partial charge in [0.25, 0.3) is 5.91 Å². The minimum atomic E-state index is -3.36. The maximum absolute atomic E-state index is 12.4. The first-order valence-corrected chi connectivity index (χ1v) is 10.9. The second-order valence-electron chi connectivity index (χ2n) is 7.65. The van der Waals surface area contributed by atoms with E-state index in [1.54, 1.807) is 45.0 Å². The number of carbonyl (C=O) groups is 2.